The maximum Gasteiger partial charge on any atom is 0.338 e. The summed E-state index contributed by atoms with van der Waals surface area (Å²) in [6.07, 6.45) is 0.749. The van der Waals surface area contributed by atoms with Crippen LogP contribution < -0.4 is 14.5 Å². The normalized spacial score (nSPS) is 29.0. The van der Waals surface area contributed by atoms with Crippen LogP contribution >= 0.6 is 23.1 Å². The van der Waals surface area contributed by atoms with Gasteiger partial charge in [0, 0.05) is 34.7 Å². The van der Waals surface area contributed by atoms with Gasteiger partial charge in [0.2, 0.25) is 11.8 Å². The summed E-state index contributed by atoms with van der Waals surface area (Å²) in [6.45, 7) is 3.93. The third kappa shape index (κ3) is 4.93. The van der Waals surface area contributed by atoms with Crippen molar-refractivity contribution in [2.45, 2.75) is 29.5 Å². The Morgan fingerprint density at radius 3 is 2.45 bits per heavy atom. The Morgan fingerprint density at radius 1 is 0.979 bits per heavy atom. The molecule has 2 saturated heterocycles. The quantitative estimate of drug-likeness (QED) is 0.295. The number of aromatic amines is 1. The zero-order valence-electron chi connectivity index (χ0n) is 25.6. The van der Waals surface area contributed by atoms with Crippen molar-refractivity contribution in [3.63, 3.8) is 0 Å². The van der Waals surface area contributed by atoms with Crippen LogP contribution in [0.15, 0.2) is 58.4 Å². The molecule has 3 aromatic rings. The molecule has 1 aromatic heterocycles. The molecule has 4 heterocycles. The zero-order valence-corrected chi connectivity index (χ0v) is 27.2. The number of esters is 1. The summed E-state index contributed by atoms with van der Waals surface area (Å²) in [5, 5.41) is 0.813. The molecule has 7 atom stereocenters. The Kier molecular flexibility index (Phi) is 7.72. The van der Waals surface area contributed by atoms with Gasteiger partial charge in [-0.15, -0.1) is 11.8 Å². The van der Waals surface area contributed by atoms with Crippen LogP contribution in [0.2, 0.25) is 0 Å². The van der Waals surface area contributed by atoms with E-state index in [1.165, 1.54) is 16.2 Å². The highest BCUT2D eigenvalue weighted by molar-refractivity contribution is 8.00. The van der Waals surface area contributed by atoms with Crippen LogP contribution in [-0.2, 0) is 23.9 Å². The summed E-state index contributed by atoms with van der Waals surface area (Å²) in [5.41, 5.74) is 1.68. The van der Waals surface area contributed by atoms with Gasteiger partial charge < -0.3 is 24.1 Å². The number of thioether (sulfide) groups is 1. The number of hydrogen-bond donors (Lipinski definition) is 1. The first kappa shape index (κ1) is 30.4. The van der Waals surface area contributed by atoms with Crippen molar-refractivity contribution in [3.8, 4) is 5.75 Å². The predicted octanol–water partition coefficient (Wildman–Crippen LogP) is 3.53. The highest BCUT2D eigenvalue weighted by Crippen LogP contribution is 2.69. The second-order valence-corrected chi connectivity index (χ2v) is 14.8. The smallest absolute Gasteiger partial charge is 0.338 e. The number of carbonyl (C=O) groups is 4. The molecule has 2 bridgehead atoms. The van der Waals surface area contributed by atoms with E-state index in [-0.39, 0.29) is 64.7 Å². The van der Waals surface area contributed by atoms with Gasteiger partial charge in [-0.1, -0.05) is 29.5 Å². The molecule has 1 N–H and O–H groups in total. The molecule has 2 saturated carbocycles. The van der Waals surface area contributed by atoms with E-state index in [9.17, 15) is 24.0 Å². The fraction of sp³-hybridized carbons (Fsp3) is 0.441. The van der Waals surface area contributed by atoms with Gasteiger partial charge in [-0.2, -0.15) is 0 Å². The number of amides is 3. The number of fused-ring (bicyclic) bond motifs is 9. The van der Waals surface area contributed by atoms with Crippen LogP contribution in [0, 0.1) is 29.6 Å². The lowest BCUT2D eigenvalue weighted by molar-refractivity contribution is -0.137. The van der Waals surface area contributed by atoms with Gasteiger partial charge in [0.15, 0.2) is 6.61 Å². The Balaban J connectivity index is 1.11. The van der Waals surface area contributed by atoms with Crippen molar-refractivity contribution in [2.75, 3.05) is 44.4 Å². The third-order valence-electron chi connectivity index (χ3n) is 10.3. The van der Waals surface area contributed by atoms with E-state index in [1.54, 1.807) is 47.9 Å². The number of rotatable bonds is 7. The summed E-state index contributed by atoms with van der Waals surface area (Å²) in [4.78, 5) is 72.9. The SMILES string of the molecule is CCOC(=O)c1ccc(N2C(=O)C3C4CC(C3C2=O)C2C4Sc3[nH]c(=O)sc3[C@@H]2c2ccccc2OCC(=O)N2CCOCC2)cc1. The Bertz CT molecular complexity index is 1820. The minimum absolute atomic E-state index is 0.00919. The number of para-hydroxylation sites is 1. The molecule has 0 radical (unpaired) electrons. The largest absolute Gasteiger partial charge is 0.483 e. The number of thiazole rings is 1. The number of nitrogens with one attached hydrogen (secondary N) is 1. The monoisotopic (exact) mass is 675 g/mol. The molecule has 8 rings (SSSR count). The van der Waals surface area contributed by atoms with Gasteiger partial charge in [-0.05, 0) is 61.4 Å². The fourth-order valence-corrected chi connectivity index (χ4v) is 11.4. The van der Waals surface area contributed by atoms with E-state index in [0.29, 0.717) is 43.3 Å². The molecule has 2 aromatic carbocycles. The highest BCUT2D eigenvalue weighted by atomic mass is 32.2. The van der Waals surface area contributed by atoms with Gasteiger partial charge >= 0.3 is 10.8 Å². The second-order valence-electron chi connectivity index (χ2n) is 12.6. The van der Waals surface area contributed by atoms with E-state index < -0.39 is 17.8 Å². The summed E-state index contributed by atoms with van der Waals surface area (Å²) < 4.78 is 16.7. The van der Waals surface area contributed by atoms with Gasteiger partial charge in [0.1, 0.15) is 5.75 Å². The van der Waals surface area contributed by atoms with Gasteiger partial charge in [-0.25, -0.2) is 4.79 Å². The van der Waals surface area contributed by atoms with Crippen LogP contribution in [0.1, 0.15) is 40.1 Å². The van der Waals surface area contributed by atoms with Gasteiger partial charge in [0.25, 0.3) is 5.91 Å². The lowest BCUT2D eigenvalue weighted by atomic mass is 9.68. The molecular formula is C34H33N3O8S2. The van der Waals surface area contributed by atoms with Crippen molar-refractivity contribution in [3.05, 3.63) is 74.2 Å². The number of nitrogens with zero attached hydrogens (tertiary/aromatic N) is 2. The number of morpholine rings is 1. The van der Waals surface area contributed by atoms with Gasteiger partial charge in [-0.3, -0.25) is 24.1 Å². The van der Waals surface area contributed by atoms with Crippen molar-refractivity contribution < 1.29 is 33.4 Å². The predicted molar refractivity (Wildman–Crippen MR) is 173 cm³/mol. The second kappa shape index (κ2) is 11.9. The molecule has 47 heavy (non-hydrogen) atoms. The molecular weight excluding hydrogens is 643 g/mol. The summed E-state index contributed by atoms with van der Waals surface area (Å²) in [6, 6.07) is 14.1. The number of aromatic nitrogens is 1. The molecule has 4 fully saturated rings. The first-order valence-corrected chi connectivity index (χ1v) is 17.7. The van der Waals surface area contributed by atoms with E-state index in [2.05, 4.69) is 4.98 Å². The highest BCUT2D eigenvalue weighted by Gasteiger charge is 2.69. The lowest BCUT2D eigenvalue weighted by Crippen LogP contribution is -2.43. The first-order chi connectivity index (χ1) is 22.9. The molecule has 5 aliphatic rings. The summed E-state index contributed by atoms with van der Waals surface area (Å²) in [7, 11) is 0. The average molecular weight is 676 g/mol. The molecule has 6 unspecified atom stereocenters. The van der Waals surface area contributed by atoms with Gasteiger partial charge in [0.05, 0.1) is 47.9 Å². The number of ether oxygens (including phenoxy) is 3. The van der Waals surface area contributed by atoms with Crippen LogP contribution in [0.25, 0.3) is 0 Å². The van der Waals surface area contributed by atoms with Crippen molar-refractivity contribution in [1.29, 1.82) is 0 Å². The number of carbonyl (C=O) groups excluding carboxylic acids is 4. The molecule has 0 spiro atoms. The minimum Gasteiger partial charge on any atom is -0.483 e. The number of hydrogen-bond acceptors (Lipinski definition) is 10. The third-order valence-corrected chi connectivity index (χ3v) is 12.9. The standard InChI is InChI=1S/C34H33N3O8S2/c1-2-44-33(41)17-7-9-18(10-8-17)37-31(39)26-20-15-21(27(26)32(37)40)28-25(20)24(29-30(46-28)35-34(42)47-29)19-5-3-4-6-22(19)45-16-23(38)36-11-13-43-14-12-36/h3-10,20-21,24-28H,2,11-16H2,1H3,(H,35,42)/t20?,21?,24-,25?,26?,27?,28?/m1/s1. The first-order valence-electron chi connectivity index (χ1n) is 16.0. The lowest BCUT2D eigenvalue weighted by Gasteiger charge is -2.43. The average Bonchev–Trinajstić information content (AvgIpc) is 3.83. The topological polar surface area (TPSA) is 135 Å². The molecule has 11 nitrogen and oxygen atoms in total. The number of imide groups is 1. The van der Waals surface area contributed by atoms with Crippen molar-refractivity contribution >= 4 is 52.5 Å². The zero-order chi connectivity index (χ0) is 32.4. The Morgan fingerprint density at radius 2 is 1.70 bits per heavy atom. The number of anilines is 1. The van der Waals surface area contributed by atoms with E-state index in [4.69, 9.17) is 14.2 Å². The fourth-order valence-electron chi connectivity index (χ4n) is 8.49. The van der Waals surface area contributed by atoms with E-state index >= 15 is 0 Å². The molecule has 13 heteroatoms. The van der Waals surface area contributed by atoms with Crippen LogP contribution in [0.4, 0.5) is 5.69 Å². The van der Waals surface area contributed by atoms with E-state index in [1.807, 2.05) is 24.3 Å². The maximum atomic E-state index is 14.1. The van der Waals surface area contributed by atoms with Crippen LogP contribution in [0.3, 0.4) is 0 Å². The molecule has 3 aliphatic heterocycles. The van der Waals surface area contributed by atoms with Crippen LogP contribution in [0.5, 0.6) is 5.75 Å². The van der Waals surface area contributed by atoms with E-state index in [0.717, 1.165) is 21.9 Å². The molecule has 244 valence electrons. The Labute approximate surface area is 278 Å². The number of H-pyrrole nitrogens is 1. The maximum absolute atomic E-state index is 14.1. The summed E-state index contributed by atoms with van der Waals surface area (Å²) >= 11 is 2.80. The minimum atomic E-state index is -0.477. The number of benzene rings is 2. The van der Waals surface area contributed by atoms with Crippen molar-refractivity contribution in [2.24, 2.45) is 29.6 Å². The molecule has 2 aliphatic carbocycles. The Hall–Kier alpha value is -3.94. The summed E-state index contributed by atoms with van der Waals surface area (Å²) in [5.74, 6) is -1.73. The molecule has 3 amide bonds. The van der Waals surface area contributed by atoms with Crippen LogP contribution in [-0.4, -0.2) is 78.3 Å². The van der Waals surface area contributed by atoms with Crippen molar-refractivity contribution in [1.82, 2.24) is 9.88 Å².